The summed E-state index contributed by atoms with van der Waals surface area (Å²) in [4.78, 5) is 2.52. The predicted molar refractivity (Wildman–Crippen MR) is 187 cm³/mol. The zero-order valence-corrected chi connectivity index (χ0v) is 24.4. The van der Waals surface area contributed by atoms with E-state index >= 15 is 0 Å². The van der Waals surface area contributed by atoms with Gasteiger partial charge < -0.3 is 9.30 Å². The number of fused-ring (bicyclic) bond motifs is 15. The third kappa shape index (κ3) is 2.69. The van der Waals surface area contributed by atoms with Gasteiger partial charge in [-0.3, -0.25) is 0 Å². The highest BCUT2D eigenvalue weighted by Gasteiger charge is 2.51. The van der Waals surface area contributed by atoms with Crippen molar-refractivity contribution in [2.75, 3.05) is 4.90 Å². The Balaban J connectivity index is 1.29. The maximum Gasteiger partial charge on any atom is 0.0754 e. The molecule has 0 atom stereocenters. The van der Waals surface area contributed by atoms with Crippen molar-refractivity contribution < 1.29 is 0 Å². The molecular formula is C43H26N2. The first-order valence-corrected chi connectivity index (χ1v) is 15.7. The summed E-state index contributed by atoms with van der Waals surface area (Å²) >= 11 is 0. The number of para-hydroxylation sites is 4. The highest BCUT2D eigenvalue weighted by atomic mass is 15.2. The average molecular weight is 571 g/mol. The van der Waals surface area contributed by atoms with Gasteiger partial charge in [-0.2, -0.15) is 0 Å². The van der Waals surface area contributed by atoms with Crippen molar-refractivity contribution >= 4 is 55.2 Å². The van der Waals surface area contributed by atoms with E-state index in [0.717, 1.165) is 0 Å². The fourth-order valence-corrected chi connectivity index (χ4v) is 8.90. The molecule has 0 bridgehead atoms. The van der Waals surface area contributed by atoms with Gasteiger partial charge in [0.15, 0.2) is 0 Å². The Morgan fingerprint density at radius 2 is 0.800 bits per heavy atom. The van der Waals surface area contributed by atoms with Crippen LogP contribution in [0.2, 0.25) is 0 Å². The zero-order valence-electron chi connectivity index (χ0n) is 24.4. The SMILES string of the molecule is c1ccc2c(c1)-c1ccccc1C21c2ccccc2N(c2cc3c4ccccc4n4c5ccccc5c(c2)c34)c2ccccc21. The molecule has 0 fully saturated rings. The number of hydrogen-bond acceptors (Lipinski definition) is 1. The van der Waals surface area contributed by atoms with Gasteiger partial charge in [0.2, 0.25) is 0 Å². The summed E-state index contributed by atoms with van der Waals surface area (Å²) in [6.45, 7) is 0. The number of hydrogen-bond donors (Lipinski definition) is 0. The molecule has 208 valence electrons. The lowest BCUT2D eigenvalue weighted by molar-refractivity contribution is 0.753. The Morgan fingerprint density at radius 3 is 1.33 bits per heavy atom. The second-order valence-corrected chi connectivity index (χ2v) is 12.5. The molecule has 0 saturated carbocycles. The van der Waals surface area contributed by atoms with E-state index in [4.69, 9.17) is 0 Å². The first-order valence-electron chi connectivity index (χ1n) is 15.7. The average Bonchev–Trinajstić information content (AvgIpc) is 3.72. The normalized spacial score (nSPS) is 14.4. The molecule has 3 heterocycles. The fraction of sp³-hybridized carbons (Fsp3) is 0.0233. The minimum absolute atomic E-state index is 0.402. The van der Waals surface area contributed by atoms with Crippen LogP contribution in [0.3, 0.4) is 0 Å². The van der Waals surface area contributed by atoms with Crippen molar-refractivity contribution in [3.63, 3.8) is 0 Å². The summed E-state index contributed by atoms with van der Waals surface area (Å²) in [5.41, 5.74) is 15.1. The van der Waals surface area contributed by atoms with Crippen LogP contribution in [0.4, 0.5) is 17.1 Å². The second kappa shape index (κ2) is 8.19. The number of rotatable bonds is 1. The van der Waals surface area contributed by atoms with Gasteiger partial charge in [0, 0.05) is 27.2 Å². The highest BCUT2D eigenvalue weighted by molar-refractivity contribution is 6.24. The zero-order chi connectivity index (χ0) is 29.3. The van der Waals surface area contributed by atoms with Crippen LogP contribution in [0.25, 0.3) is 49.2 Å². The Hall–Kier alpha value is -5.86. The van der Waals surface area contributed by atoms with Gasteiger partial charge in [-0.25, -0.2) is 0 Å². The quantitative estimate of drug-likeness (QED) is 0.190. The van der Waals surface area contributed by atoms with Crippen LogP contribution in [-0.4, -0.2) is 4.40 Å². The van der Waals surface area contributed by atoms with Crippen molar-refractivity contribution in [1.29, 1.82) is 0 Å². The van der Waals surface area contributed by atoms with E-state index in [2.05, 4.69) is 167 Å². The molecular weight excluding hydrogens is 544 g/mol. The minimum Gasteiger partial charge on any atom is -0.310 e. The maximum atomic E-state index is 2.52. The van der Waals surface area contributed by atoms with Crippen LogP contribution in [0.15, 0.2) is 158 Å². The van der Waals surface area contributed by atoms with Gasteiger partial charge in [-0.05, 0) is 69.8 Å². The molecule has 2 aromatic heterocycles. The maximum absolute atomic E-state index is 2.52. The van der Waals surface area contributed by atoms with Gasteiger partial charge >= 0.3 is 0 Å². The summed E-state index contributed by atoms with van der Waals surface area (Å²) in [5, 5.41) is 5.17. The molecule has 0 unspecified atom stereocenters. The summed E-state index contributed by atoms with van der Waals surface area (Å²) in [6.07, 6.45) is 0. The Bertz CT molecular complexity index is 2500. The lowest BCUT2D eigenvalue weighted by Crippen LogP contribution is -2.36. The molecule has 0 radical (unpaired) electrons. The molecule has 2 heteroatoms. The van der Waals surface area contributed by atoms with Crippen molar-refractivity contribution in [1.82, 2.24) is 4.40 Å². The summed E-state index contributed by atoms with van der Waals surface area (Å²) in [7, 11) is 0. The first-order chi connectivity index (χ1) is 22.4. The molecule has 7 aromatic carbocycles. The molecule has 1 aliphatic carbocycles. The summed E-state index contributed by atoms with van der Waals surface area (Å²) in [6, 6.07) is 58.7. The van der Waals surface area contributed by atoms with Crippen LogP contribution in [0, 0.1) is 0 Å². The summed E-state index contributed by atoms with van der Waals surface area (Å²) < 4.78 is 2.46. The molecule has 1 spiro atoms. The predicted octanol–water partition coefficient (Wildman–Crippen LogP) is 11.0. The van der Waals surface area contributed by atoms with Crippen molar-refractivity contribution in [2.45, 2.75) is 5.41 Å². The van der Waals surface area contributed by atoms with E-state index in [0.29, 0.717) is 0 Å². The van der Waals surface area contributed by atoms with Gasteiger partial charge in [0.1, 0.15) is 0 Å². The van der Waals surface area contributed by atoms with Crippen molar-refractivity contribution in [3.8, 4) is 11.1 Å². The van der Waals surface area contributed by atoms with Crippen LogP contribution in [0.5, 0.6) is 0 Å². The van der Waals surface area contributed by atoms with Crippen molar-refractivity contribution in [3.05, 3.63) is 180 Å². The Morgan fingerprint density at radius 1 is 0.378 bits per heavy atom. The Labute approximate surface area is 260 Å². The monoisotopic (exact) mass is 570 g/mol. The molecule has 0 saturated heterocycles. The molecule has 45 heavy (non-hydrogen) atoms. The smallest absolute Gasteiger partial charge is 0.0754 e. The van der Waals surface area contributed by atoms with Crippen LogP contribution < -0.4 is 4.90 Å². The number of nitrogens with zero attached hydrogens (tertiary/aromatic N) is 2. The van der Waals surface area contributed by atoms with Crippen LogP contribution in [0.1, 0.15) is 22.3 Å². The van der Waals surface area contributed by atoms with Crippen molar-refractivity contribution in [2.24, 2.45) is 0 Å². The standard InChI is InChI=1S/C43H26N2/c1-5-17-34-28(13-1)29-14-2-6-18-35(29)43(34)36-19-7-11-23-40(36)44(41-24-12-8-20-37(41)43)27-25-32-30-15-3-9-21-38(30)45-39-22-10-4-16-31(39)33(26-27)42(32)45/h1-26H. The number of aromatic nitrogens is 1. The molecule has 0 amide bonds. The molecule has 2 aliphatic rings. The van der Waals surface area contributed by atoms with E-state index in [1.54, 1.807) is 0 Å². The third-order valence-electron chi connectivity index (χ3n) is 10.5. The van der Waals surface area contributed by atoms with E-state index in [9.17, 15) is 0 Å². The van der Waals surface area contributed by atoms with Gasteiger partial charge in [-0.1, -0.05) is 121 Å². The lowest BCUT2D eigenvalue weighted by atomic mass is 9.64. The van der Waals surface area contributed by atoms with E-state index in [1.165, 1.54) is 88.5 Å². The summed E-state index contributed by atoms with van der Waals surface area (Å²) in [5.74, 6) is 0. The van der Waals surface area contributed by atoms with Crippen LogP contribution in [-0.2, 0) is 5.41 Å². The van der Waals surface area contributed by atoms with Crippen LogP contribution >= 0.6 is 0 Å². The Kier molecular flexibility index (Phi) is 4.29. The van der Waals surface area contributed by atoms with E-state index in [1.807, 2.05) is 0 Å². The van der Waals surface area contributed by atoms with Gasteiger partial charge in [0.25, 0.3) is 0 Å². The fourth-order valence-electron chi connectivity index (χ4n) is 8.90. The largest absolute Gasteiger partial charge is 0.310 e. The molecule has 1 aliphatic heterocycles. The van der Waals surface area contributed by atoms with E-state index < -0.39 is 5.41 Å². The number of anilines is 3. The third-order valence-corrected chi connectivity index (χ3v) is 10.5. The van der Waals surface area contributed by atoms with Gasteiger partial charge in [-0.15, -0.1) is 0 Å². The van der Waals surface area contributed by atoms with Gasteiger partial charge in [0.05, 0.1) is 33.3 Å². The van der Waals surface area contributed by atoms with E-state index in [-0.39, 0.29) is 0 Å². The highest BCUT2D eigenvalue weighted by Crippen LogP contribution is 2.63. The number of benzene rings is 7. The molecule has 9 aromatic rings. The molecule has 2 nitrogen and oxygen atoms in total. The lowest BCUT2D eigenvalue weighted by Gasteiger charge is -2.45. The first kappa shape index (κ1) is 23.6. The topological polar surface area (TPSA) is 7.65 Å². The molecule has 11 rings (SSSR count). The molecule has 0 N–H and O–H groups in total. The second-order valence-electron chi connectivity index (χ2n) is 12.5. The minimum atomic E-state index is -0.402.